The molecule has 702 valence electrons. The van der Waals surface area contributed by atoms with Crippen LogP contribution in [0, 0.1) is 34.6 Å². The van der Waals surface area contributed by atoms with E-state index >= 15 is 0 Å². The van der Waals surface area contributed by atoms with Crippen molar-refractivity contribution in [2.45, 2.75) is 51.0 Å². The zero-order valence-corrected chi connectivity index (χ0v) is 81.3. The second kappa shape index (κ2) is 44.3. The summed E-state index contributed by atoms with van der Waals surface area (Å²) in [7, 11) is 9.08. The summed E-state index contributed by atoms with van der Waals surface area (Å²) in [6.07, 6.45) is 0. The summed E-state index contributed by atoms with van der Waals surface area (Å²) in [6, 6.07) is 128. The maximum atomic E-state index is 14.5. The number of ether oxygens (including phenoxy) is 10. The van der Waals surface area contributed by atoms with Crippen molar-refractivity contribution in [3.05, 3.63) is 479 Å². The lowest BCUT2D eigenvalue weighted by Gasteiger charge is -2.25. The van der Waals surface area contributed by atoms with Gasteiger partial charge in [-0.25, -0.2) is 8.42 Å². The molecule has 0 saturated carbocycles. The lowest BCUT2D eigenvalue weighted by molar-refractivity contribution is -0.884. The van der Waals surface area contributed by atoms with Crippen LogP contribution in [0.4, 0.5) is 0 Å². The van der Waals surface area contributed by atoms with Crippen LogP contribution in [0.25, 0.3) is 55.6 Å². The number of rotatable bonds is 31. The monoisotopic (exact) mass is 1880 g/mol. The topological polar surface area (TPSA) is 178 Å². The molecule has 0 saturated heterocycles. The molecule has 0 N–H and O–H groups in total. The van der Waals surface area contributed by atoms with E-state index in [0.717, 1.165) is 102 Å². The first-order chi connectivity index (χ1) is 68.2. The Morgan fingerprint density at radius 2 is 0.418 bits per heavy atom. The van der Waals surface area contributed by atoms with Gasteiger partial charge in [0.1, 0.15) is 98.5 Å². The molecule has 0 unspecified atom stereocenters. The van der Waals surface area contributed by atoms with Crippen LogP contribution in [-0.4, -0.2) is 79.8 Å². The highest BCUT2D eigenvalue weighted by Gasteiger charge is 2.24. The number of hydrogen-bond donors (Lipinski definition) is 0. The van der Waals surface area contributed by atoms with Gasteiger partial charge in [-0.1, -0.05) is 175 Å². The molecule has 0 atom stereocenters. The molecule has 0 spiro atoms. The fraction of sp³-hybridized carbons (Fsp3) is 0.105. The Labute approximate surface area is 823 Å². The predicted octanol–water partition coefficient (Wildman–Crippen LogP) is 30.5. The van der Waals surface area contributed by atoms with E-state index in [1.54, 1.807) is 138 Å². The summed E-state index contributed by atoms with van der Waals surface area (Å²) in [4.78, 5) is 43.9. The van der Waals surface area contributed by atoms with Crippen molar-refractivity contribution in [2.75, 3.05) is 49.6 Å². The van der Waals surface area contributed by atoms with Gasteiger partial charge in [-0.2, -0.15) is 0 Å². The maximum Gasteiger partial charge on any atom is 0.206 e. The number of quaternary nitrogens is 1. The number of methoxy groups -OCH3 is 4. The van der Waals surface area contributed by atoms with E-state index < -0.39 is 27.2 Å². The normalized spacial score (nSPS) is 11.0. The Hall–Kier alpha value is -17.1. The molecule has 16 nitrogen and oxygen atoms in total. The standard InChI is InChI=1S/C82H66NO11S.2C21H20O2/c1-54-7-46-79(52-67(54)53-83(2,3)4)95(87,88)78-47-44-77(45-48-78)94-73-36-18-60(19-37-73)59-16-34-72(35-17-59)93-76-42-24-63(25-43-76)82(86)66-50-64(80(84)61-20-38-74(39-21-61)91-70-30-12-57(13-31-70)55-8-26-68(89-5)27-9-55)49-65(51-66)81(85)62-22-40-75(41-23-62)92-71-32-14-58(15-33-71)56-10-28-69(90-6)29-11-56;2*1-15-4-7-17(8-5-15)18-9-12-19(13-10-18)23-20-11-6-16(2)21(14-20)22-3/h7-52H,53H2,1-6H3;2*4-14H,1-3H3/q+1;;. The average molecular weight is 1880 g/mol. The molecule has 0 aliphatic rings. The largest absolute Gasteiger partial charge is 0.497 e. The van der Waals surface area contributed by atoms with Crippen molar-refractivity contribution in [3.8, 4) is 148 Å². The molecule has 0 heterocycles. The maximum absolute atomic E-state index is 14.5. The minimum atomic E-state index is -3.75. The number of sulfone groups is 1. The highest BCUT2D eigenvalue weighted by atomic mass is 32.2. The summed E-state index contributed by atoms with van der Waals surface area (Å²) < 4.78 is 85.7. The van der Waals surface area contributed by atoms with E-state index in [2.05, 4.69) is 108 Å². The van der Waals surface area contributed by atoms with Gasteiger partial charge in [0.15, 0.2) is 17.3 Å². The van der Waals surface area contributed by atoms with Crippen molar-refractivity contribution in [2.24, 2.45) is 0 Å². The minimum Gasteiger partial charge on any atom is -0.497 e. The number of benzene rings is 18. The van der Waals surface area contributed by atoms with Crippen LogP contribution in [0.1, 0.15) is 81.1 Å². The summed E-state index contributed by atoms with van der Waals surface area (Å²) in [5, 5.41) is 0. The first kappa shape index (κ1) is 97.0. The van der Waals surface area contributed by atoms with Gasteiger partial charge in [0.2, 0.25) is 9.84 Å². The van der Waals surface area contributed by atoms with Gasteiger partial charge < -0.3 is 51.9 Å². The Balaban J connectivity index is 0.000000250. The number of ketones is 3. The van der Waals surface area contributed by atoms with Crippen LogP contribution in [0.3, 0.4) is 0 Å². The molecule has 0 bridgehead atoms. The van der Waals surface area contributed by atoms with Gasteiger partial charge >= 0.3 is 0 Å². The van der Waals surface area contributed by atoms with E-state index in [9.17, 15) is 22.8 Å². The second-order valence-electron chi connectivity index (χ2n) is 35.1. The summed E-state index contributed by atoms with van der Waals surface area (Å²) >= 11 is 0. The molecular formula is C124H106NO15S+. The van der Waals surface area contributed by atoms with E-state index in [1.165, 1.54) is 51.6 Å². The average Bonchev–Trinajstić information content (AvgIpc) is 0.781. The molecule has 0 amide bonds. The van der Waals surface area contributed by atoms with Gasteiger partial charge in [-0.3, -0.25) is 14.4 Å². The third kappa shape index (κ3) is 25.2. The fourth-order valence-electron chi connectivity index (χ4n) is 15.8. The number of aryl methyl sites for hydroxylation is 5. The summed E-state index contributed by atoms with van der Waals surface area (Å²) in [6.45, 7) is 10.9. The SMILES string of the molecule is COc1cc(Oc2ccc(-c3ccc(C)cc3)cc2)ccc1C.COc1cc(Oc2ccc(-c3ccc(C)cc3)cc2)ccc1C.COc1ccc(-c2ccc(Oc3ccc(C(=O)c4cc(C(=O)c5ccc(Oc6ccc(-c7ccc(OC)cc7)cc6)cc5)cc(C(=O)c5ccc(Oc6ccc(-c7ccc(Oc8ccc(S(=O)(=O)c9ccc(C)c(C[N+](C)(C)C)c9)cc8)cc7)cc6)cc5)c4)cc3)cc2)cc1. The Morgan fingerprint density at radius 3 is 0.660 bits per heavy atom. The summed E-state index contributed by atoms with van der Waals surface area (Å²) in [5.74, 6) is 9.56. The van der Waals surface area contributed by atoms with Crippen LogP contribution >= 0.6 is 0 Å². The number of carbonyl (C=O) groups is 3. The highest BCUT2D eigenvalue weighted by molar-refractivity contribution is 7.91. The van der Waals surface area contributed by atoms with Gasteiger partial charge in [-0.05, 0) is 344 Å². The molecule has 141 heavy (non-hydrogen) atoms. The molecule has 17 heteroatoms. The third-order valence-electron chi connectivity index (χ3n) is 23.7. The molecule has 0 radical (unpaired) electrons. The van der Waals surface area contributed by atoms with Crippen LogP contribution in [-0.2, 0) is 16.4 Å². The van der Waals surface area contributed by atoms with Crippen LogP contribution in [0.15, 0.2) is 422 Å². The highest BCUT2D eigenvalue weighted by Crippen LogP contribution is 2.39. The first-order valence-electron chi connectivity index (χ1n) is 46.0. The van der Waals surface area contributed by atoms with Crippen LogP contribution in [0.2, 0.25) is 0 Å². The van der Waals surface area contributed by atoms with E-state index in [1.807, 2.05) is 233 Å². The van der Waals surface area contributed by atoms with Crippen LogP contribution < -0.4 is 47.4 Å². The van der Waals surface area contributed by atoms with E-state index in [4.69, 9.17) is 47.4 Å². The molecule has 18 aromatic rings. The molecule has 18 rings (SSSR count). The number of hydrogen-bond acceptors (Lipinski definition) is 15. The lowest BCUT2D eigenvalue weighted by atomic mass is 9.92. The van der Waals surface area contributed by atoms with Gasteiger partial charge in [-0.15, -0.1) is 0 Å². The molecule has 0 aliphatic carbocycles. The van der Waals surface area contributed by atoms with Gasteiger partial charge in [0.05, 0.1) is 59.4 Å². The lowest BCUT2D eigenvalue weighted by Crippen LogP contribution is -2.33. The van der Waals surface area contributed by atoms with E-state index in [-0.39, 0.29) is 26.5 Å². The summed E-state index contributed by atoms with van der Waals surface area (Å²) in [5.41, 5.74) is 18.9. The Kier molecular flexibility index (Phi) is 30.5. The second-order valence-corrected chi connectivity index (χ2v) is 37.0. The number of carbonyl (C=O) groups excluding carboxylic acids is 3. The molecule has 0 aliphatic heterocycles. The molecular weight excluding hydrogens is 1780 g/mol. The minimum absolute atomic E-state index is 0.143. The van der Waals surface area contributed by atoms with Crippen molar-refractivity contribution in [3.63, 3.8) is 0 Å². The first-order valence-corrected chi connectivity index (χ1v) is 47.4. The Morgan fingerprint density at radius 1 is 0.213 bits per heavy atom. The number of nitrogens with zero attached hydrogens (tertiary/aromatic N) is 1. The smallest absolute Gasteiger partial charge is 0.206 e. The zero-order valence-electron chi connectivity index (χ0n) is 80.4. The van der Waals surface area contributed by atoms with Gasteiger partial charge in [0, 0.05) is 51.1 Å². The third-order valence-corrected chi connectivity index (χ3v) is 25.5. The van der Waals surface area contributed by atoms with Crippen molar-refractivity contribution < 1.29 is 74.7 Å². The van der Waals surface area contributed by atoms with E-state index in [0.29, 0.717) is 73.7 Å². The fourth-order valence-corrected chi connectivity index (χ4v) is 17.1. The van der Waals surface area contributed by atoms with Crippen molar-refractivity contribution in [1.82, 2.24) is 0 Å². The van der Waals surface area contributed by atoms with Crippen LogP contribution in [0.5, 0.6) is 92.0 Å². The quantitative estimate of drug-likeness (QED) is 0.0296. The Bertz CT molecular complexity index is 7200. The van der Waals surface area contributed by atoms with Gasteiger partial charge in [0.25, 0.3) is 0 Å². The van der Waals surface area contributed by atoms with Crippen molar-refractivity contribution in [1.29, 1.82) is 0 Å². The molecule has 0 aromatic heterocycles. The molecule has 0 fully saturated rings. The van der Waals surface area contributed by atoms with Crippen molar-refractivity contribution >= 4 is 27.2 Å². The predicted molar refractivity (Wildman–Crippen MR) is 559 cm³/mol. The zero-order chi connectivity index (χ0) is 98.7. The molecule has 18 aromatic carbocycles.